The molecule has 8 heteroatoms. The van der Waals surface area contributed by atoms with Crippen LogP contribution in [0.2, 0.25) is 0 Å². The molecule has 2 aromatic carbocycles. The van der Waals surface area contributed by atoms with E-state index in [0.717, 1.165) is 10.3 Å². The number of aryl methyl sites for hydroxylation is 1. The number of aliphatic carboxylic acids is 1. The van der Waals surface area contributed by atoms with Gasteiger partial charge in [0.1, 0.15) is 5.52 Å². The second-order valence-corrected chi connectivity index (χ2v) is 6.73. The number of carbonyl (C=O) groups is 2. The van der Waals surface area contributed by atoms with Crippen LogP contribution in [0.1, 0.15) is 33.9 Å². The van der Waals surface area contributed by atoms with Gasteiger partial charge in [-0.1, -0.05) is 22.2 Å². The molecule has 25 heavy (non-hydrogen) atoms. The van der Waals surface area contributed by atoms with Crippen molar-refractivity contribution in [2.75, 3.05) is 5.01 Å². The van der Waals surface area contributed by atoms with Crippen LogP contribution < -0.4 is 10.4 Å². The van der Waals surface area contributed by atoms with Crippen LogP contribution in [0.3, 0.4) is 0 Å². The second-order valence-electron chi connectivity index (χ2n) is 5.94. The summed E-state index contributed by atoms with van der Waals surface area (Å²) in [6.07, 6.45) is -0.135. The number of fused-ring (bicyclic) bond motifs is 2. The zero-order valence-corrected chi connectivity index (χ0v) is 14.1. The molecular formula is C17H14N4O3S. The maximum absolute atomic E-state index is 12.5. The largest absolute Gasteiger partial charge is 0.481 e. The van der Waals surface area contributed by atoms with Crippen LogP contribution in [0.25, 0.3) is 10.2 Å². The Morgan fingerprint density at radius 2 is 2.16 bits per heavy atom. The van der Waals surface area contributed by atoms with E-state index < -0.39 is 12.0 Å². The fourth-order valence-corrected chi connectivity index (χ4v) is 3.62. The number of carboxylic acid groups (broad SMARTS) is 1. The molecule has 4 rings (SSSR count). The van der Waals surface area contributed by atoms with Gasteiger partial charge in [-0.05, 0) is 48.3 Å². The number of nitrogens with zero attached hydrogens (tertiary/aromatic N) is 3. The van der Waals surface area contributed by atoms with Gasteiger partial charge in [0.05, 0.1) is 22.8 Å². The van der Waals surface area contributed by atoms with Crippen LogP contribution in [0.15, 0.2) is 36.4 Å². The molecular weight excluding hydrogens is 340 g/mol. The molecule has 0 spiro atoms. The van der Waals surface area contributed by atoms with Gasteiger partial charge in [0, 0.05) is 5.56 Å². The monoisotopic (exact) mass is 354 g/mol. The highest BCUT2D eigenvalue weighted by Crippen LogP contribution is 2.35. The smallest absolute Gasteiger partial charge is 0.305 e. The first-order valence-electron chi connectivity index (χ1n) is 7.67. The minimum Gasteiger partial charge on any atom is -0.481 e. The topological polar surface area (TPSA) is 95.4 Å². The van der Waals surface area contributed by atoms with Crippen molar-refractivity contribution in [3.63, 3.8) is 0 Å². The van der Waals surface area contributed by atoms with Crippen molar-refractivity contribution in [3.8, 4) is 0 Å². The molecule has 1 aliphatic heterocycles. The molecule has 0 radical (unpaired) electrons. The number of carboxylic acids is 1. The van der Waals surface area contributed by atoms with E-state index in [4.69, 9.17) is 0 Å². The van der Waals surface area contributed by atoms with E-state index in [0.29, 0.717) is 22.3 Å². The second kappa shape index (κ2) is 5.82. The van der Waals surface area contributed by atoms with Crippen LogP contribution in [-0.4, -0.2) is 26.6 Å². The van der Waals surface area contributed by atoms with E-state index in [1.54, 1.807) is 17.1 Å². The number of hydrogen-bond donors (Lipinski definition) is 2. The molecule has 1 aliphatic rings. The van der Waals surface area contributed by atoms with Gasteiger partial charge in [0.2, 0.25) is 0 Å². The summed E-state index contributed by atoms with van der Waals surface area (Å²) in [5.74, 6) is -1.19. The summed E-state index contributed by atoms with van der Waals surface area (Å²) in [6.45, 7) is 1.92. The van der Waals surface area contributed by atoms with Crippen molar-refractivity contribution in [2.24, 2.45) is 0 Å². The standard InChI is InChI=1S/C17H14N4O3S/c1-9-2-4-11-12(6-9)14(8-16(22)23)21(19-17(11)24)10-3-5-15-13(7-10)18-20-25-15/h2-7,14H,8H2,1H3,(H,19,24)(H,22,23). The van der Waals surface area contributed by atoms with Crippen LogP contribution in [-0.2, 0) is 4.79 Å². The molecule has 0 saturated carbocycles. The summed E-state index contributed by atoms with van der Waals surface area (Å²) < 4.78 is 4.84. The Kier molecular flexibility index (Phi) is 3.61. The third-order valence-electron chi connectivity index (χ3n) is 4.22. The van der Waals surface area contributed by atoms with Gasteiger partial charge in [-0.15, -0.1) is 5.10 Å². The Bertz CT molecular complexity index is 1000. The van der Waals surface area contributed by atoms with E-state index in [-0.39, 0.29) is 12.3 Å². The SMILES string of the molecule is Cc1ccc2c(c1)C(CC(=O)O)N(c1ccc3snnc3c1)NC2=O. The number of hydrazine groups is 1. The van der Waals surface area contributed by atoms with Crippen LogP contribution in [0.4, 0.5) is 5.69 Å². The van der Waals surface area contributed by atoms with Gasteiger partial charge in [-0.2, -0.15) is 0 Å². The Balaban J connectivity index is 1.85. The lowest BCUT2D eigenvalue weighted by atomic mass is 9.93. The zero-order chi connectivity index (χ0) is 17.6. The number of carbonyl (C=O) groups excluding carboxylic acids is 1. The van der Waals surface area contributed by atoms with Gasteiger partial charge in [-0.3, -0.25) is 20.0 Å². The van der Waals surface area contributed by atoms with Gasteiger partial charge >= 0.3 is 5.97 Å². The first kappa shape index (κ1) is 15.5. The number of amides is 1. The fourth-order valence-electron chi connectivity index (χ4n) is 3.08. The molecule has 1 amide bonds. The average molecular weight is 354 g/mol. The Morgan fingerprint density at radius 1 is 1.32 bits per heavy atom. The highest BCUT2D eigenvalue weighted by atomic mass is 32.1. The molecule has 1 unspecified atom stereocenters. The van der Waals surface area contributed by atoms with Crippen molar-refractivity contribution in [3.05, 3.63) is 53.1 Å². The van der Waals surface area contributed by atoms with E-state index in [2.05, 4.69) is 15.0 Å². The van der Waals surface area contributed by atoms with Crippen LogP contribution in [0, 0.1) is 6.92 Å². The van der Waals surface area contributed by atoms with Gasteiger partial charge in [-0.25, -0.2) is 0 Å². The van der Waals surface area contributed by atoms with Crippen LogP contribution >= 0.6 is 11.5 Å². The molecule has 0 aliphatic carbocycles. The molecule has 1 atom stereocenters. The maximum Gasteiger partial charge on any atom is 0.305 e. The average Bonchev–Trinajstić information content (AvgIpc) is 3.04. The highest BCUT2D eigenvalue weighted by Gasteiger charge is 2.34. The maximum atomic E-state index is 12.5. The zero-order valence-electron chi connectivity index (χ0n) is 13.3. The van der Waals surface area contributed by atoms with Crippen molar-refractivity contribution in [1.29, 1.82) is 0 Å². The minimum atomic E-state index is -0.935. The summed E-state index contributed by atoms with van der Waals surface area (Å²) in [6, 6.07) is 10.4. The molecule has 7 nitrogen and oxygen atoms in total. The number of anilines is 1. The first-order chi connectivity index (χ1) is 12.0. The van der Waals surface area contributed by atoms with E-state index in [1.165, 1.54) is 11.5 Å². The minimum absolute atomic E-state index is 0.135. The van der Waals surface area contributed by atoms with Gasteiger partial charge in [0.15, 0.2) is 0 Å². The van der Waals surface area contributed by atoms with Crippen molar-refractivity contribution >= 4 is 39.3 Å². The Morgan fingerprint density at radius 3 is 2.96 bits per heavy atom. The number of benzene rings is 2. The number of nitrogens with one attached hydrogen (secondary N) is 1. The molecule has 0 fully saturated rings. The Hall–Kier alpha value is -3.00. The molecule has 2 N–H and O–H groups in total. The number of rotatable bonds is 3. The third-order valence-corrected chi connectivity index (χ3v) is 4.93. The molecule has 2 heterocycles. The highest BCUT2D eigenvalue weighted by molar-refractivity contribution is 7.12. The molecule has 0 saturated heterocycles. The summed E-state index contributed by atoms with van der Waals surface area (Å²) in [5, 5.41) is 15.0. The van der Waals surface area contributed by atoms with Crippen molar-refractivity contribution in [2.45, 2.75) is 19.4 Å². The fraction of sp³-hybridized carbons (Fsp3) is 0.176. The first-order valence-corrected chi connectivity index (χ1v) is 8.45. The van der Waals surface area contributed by atoms with E-state index in [9.17, 15) is 14.7 Å². The van der Waals surface area contributed by atoms with E-state index in [1.807, 2.05) is 31.2 Å². The molecule has 1 aromatic heterocycles. The summed E-state index contributed by atoms with van der Waals surface area (Å²) in [7, 11) is 0. The predicted molar refractivity (Wildman–Crippen MR) is 93.5 cm³/mol. The molecule has 0 bridgehead atoms. The lowest BCUT2D eigenvalue weighted by molar-refractivity contribution is -0.137. The molecule has 126 valence electrons. The summed E-state index contributed by atoms with van der Waals surface area (Å²) in [4.78, 5) is 23.9. The summed E-state index contributed by atoms with van der Waals surface area (Å²) >= 11 is 1.28. The lowest BCUT2D eigenvalue weighted by Gasteiger charge is -2.38. The molecule has 3 aromatic rings. The number of aromatic nitrogens is 2. The Labute approximate surface area is 147 Å². The van der Waals surface area contributed by atoms with E-state index >= 15 is 0 Å². The lowest BCUT2D eigenvalue weighted by Crippen LogP contribution is -2.50. The van der Waals surface area contributed by atoms with Crippen LogP contribution in [0.5, 0.6) is 0 Å². The number of hydrogen-bond acceptors (Lipinski definition) is 6. The van der Waals surface area contributed by atoms with Gasteiger partial charge < -0.3 is 5.11 Å². The summed E-state index contributed by atoms with van der Waals surface area (Å²) in [5.41, 5.74) is 6.38. The van der Waals surface area contributed by atoms with Crippen molar-refractivity contribution in [1.82, 2.24) is 15.0 Å². The predicted octanol–water partition coefficient (Wildman–Crippen LogP) is 2.68. The van der Waals surface area contributed by atoms with Crippen molar-refractivity contribution < 1.29 is 14.7 Å². The quantitative estimate of drug-likeness (QED) is 0.751. The third kappa shape index (κ3) is 2.70. The normalized spacial score (nSPS) is 16.6. The van der Waals surface area contributed by atoms with Gasteiger partial charge in [0.25, 0.3) is 5.91 Å².